The number of hydrogen-bond donors (Lipinski definition) is 1. The minimum Gasteiger partial charge on any atom is -0.495 e. The molecule has 2 aromatic rings. The fourth-order valence-electron chi connectivity index (χ4n) is 3.20. The van der Waals surface area contributed by atoms with Gasteiger partial charge in [0.05, 0.1) is 30.9 Å². The molecule has 1 saturated heterocycles. The molecule has 2 amide bonds. The van der Waals surface area contributed by atoms with Crippen LogP contribution in [0.3, 0.4) is 0 Å². The van der Waals surface area contributed by atoms with Gasteiger partial charge in [-0.3, -0.25) is 0 Å². The zero-order chi connectivity index (χ0) is 17.9. The lowest BCUT2D eigenvalue weighted by molar-refractivity contribution is 0.208. The van der Waals surface area contributed by atoms with Crippen molar-refractivity contribution in [1.82, 2.24) is 14.9 Å². The predicted molar refractivity (Wildman–Crippen MR) is 99.8 cm³/mol. The van der Waals surface area contributed by atoms with Crippen molar-refractivity contribution in [2.75, 3.05) is 43.5 Å². The van der Waals surface area contributed by atoms with Crippen LogP contribution in [0, 0.1) is 0 Å². The van der Waals surface area contributed by atoms with E-state index in [2.05, 4.69) is 20.2 Å². The normalized spacial score (nSPS) is 17.1. The maximum Gasteiger partial charge on any atom is 0.322 e. The number of carbonyl (C=O) groups excluding carboxylic acids is 1. The molecule has 1 aromatic carbocycles. The van der Waals surface area contributed by atoms with Crippen molar-refractivity contribution < 1.29 is 9.53 Å². The van der Waals surface area contributed by atoms with E-state index in [1.807, 2.05) is 29.2 Å². The van der Waals surface area contributed by atoms with Crippen molar-refractivity contribution in [3.05, 3.63) is 42.5 Å². The molecule has 0 atom stereocenters. The lowest BCUT2D eigenvalue weighted by atomic mass is 10.2. The van der Waals surface area contributed by atoms with Crippen LogP contribution in [0.25, 0.3) is 0 Å². The van der Waals surface area contributed by atoms with E-state index >= 15 is 0 Å². The van der Waals surface area contributed by atoms with Crippen LogP contribution in [0.15, 0.2) is 36.7 Å². The molecule has 1 saturated carbocycles. The summed E-state index contributed by atoms with van der Waals surface area (Å²) in [4.78, 5) is 25.2. The van der Waals surface area contributed by atoms with E-state index < -0.39 is 0 Å². The maximum atomic E-state index is 12.5. The number of aromatic nitrogens is 2. The molecule has 136 valence electrons. The number of rotatable bonds is 4. The van der Waals surface area contributed by atoms with Crippen molar-refractivity contribution in [2.24, 2.45) is 0 Å². The van der Waals surface area contributed by atoms with Crippen molar-refractivity contribution in [1.29, 1.82) is 0 Å². The third kappa shape index (κ3) is 3.56. The number of methoxy groups -OCH3 is 1. The molecule has 26 heavy (non-hydrogen) atoms. The van der Waals surface area contributed by atoms with E-state index in [1.54, 1.807) is 19.5 Å². The smallest absolute Gasteiger partial charge is 0.322 e. The summed E-state index contributed by atoms with van der Waals surface area (Å²) >= 11 is 0. The third-order valence-electron chi connectivity index (χ3n) is 4.86. The van der Waals surface area contributed by atoms with Crippen LogP contribution >= 0.6 is 0 Å². The molecule has 7 heteroatoms. The molecule has 0 bridgehead atoms. The maximum absolute atomic E-state index is 12.5. The first kappa shape index (κ1) is 16.6. The van der Waals surface area contributed by atoms with Gasteiger partial charge in [-0.2, -0.15) is 0 Å². The van der Waals surface area contributed by atoms with Crippen molar-refractivity contribution in [3.8, 4) is 5.75 Å². The number of carbonyl (C=O) groups is 1. The monoisotopic (exact) mass is 353 g/mol. The van der Waals surface area contributed by atoms with E-state index in [-0.39, 0.29) is 6.03 Å². The van der Waals surface area contributed by atoms with E-state index in [4.69, 9.17) is 4.74 Å². The van der Waals surface area contributed by atoms with E-state index in [0.29, 0.717) is 24.7 Å². The average Bonchev–Trinajstić information content (AvgIpc) is 3.54. The van der Waals surface area contributed by atoms with Crippen LogP contribution < -0.4 is 15.0 Å². The summed E-state index contributed by atoms with van der Waals surface area (Å²) in [5.41, 5.74) is 1.71. The molecule has 1 aliphatic carbocycles. The average molecular weight is 353 g/mol. The van der Waals surface area contributed by atoms with Crippen LogP contribution in [-0.2, 0) is 0 Å². The highest BCUT2D eigenvalue weighted by atomic mass is 16.5. The van der Waals surface area contributed by atoms with Gasteiger partial charge in [0, 0.05) is 32.1 Å². The number of hydrogen-bond acceptors (Lipinski definition) is 5. The number of urea groups is 1. The molecule has 1 N–H and O–H groups in total. The molecule has 0 spiro atoms. The number of benzene rings is 1. The summed E-state index contributed by atoms with van der Waals surface area (Å²) in [5, 5.41) is 2.89. The molecule has 2 aliphatic rings. The number of nitrogens with zero attached hydrogens (tertiary/aromatic N) is 4. The minimum atomic E-state index is -0.104. The first-order valence-electron chi connectivity index (χ1n) is 9.00. The predicted octanol–water partition coefficient (Wildman–Crippen LogP) is 2.72. The Balaban J connectivity index is 1.33. The van der Waals surface area contributed by atoms with Crippen molar-refractivity contribution >= 4 is 17.4 Å². The van der Waals surface area contributed by atoms with Crippen LogP contribution in [0.1, 0.15) is 24.6 Å². The van der Waals surface area contributed by atoms with Gasteiger partial charge in [-0.1, -0.05) is 12.1 Å². The van der Waals surface area contributed by atoms with Gasteiger partial charge in [0.25, 0.3) is 0 Å². The van der Waals surface area contributed by atoms with E-state index in [0.717, 1.165) is 30.4 Å². The van der Waals surface area contributed by atoms with Crippen molar-refractivity contribution in [3.63, 3.8) is 0 Å². The highest BCUT2D eigenvalue weighted by Crippen LogP contribution is 2.37. The highest BCUT2D eigenvalue weighted by Gasteiger charge is 2.26. The summed E-state index contributed by atoms with van der Waals surface area (Å²) in [6.07, 6.45) is 5.73. The van der Waals surface area contributed by atoms with E-state index in [1.165, 1.54) is 12.8 Å². The highest BCUT2D eigenvalue weighted by molar-refractivity contribution is 5.89. The van der Waals surface area contributed by atoms with Gasteiger partial charge in [-0.05, 0) is 25.0 Å². The fraction of sp³-hybridized carbons (Fsp3) is 0.421. The summed E-state index contributed by atoms with van der Waals surface area (Å²) < 4.78 is 5.43. The Bertz CT molecular complexity index is 768. The van der Waals surface area contributed by atoms with E-state index in [9.17, 15) is 4.79 Å². The second-order valence-electron chi connectivity index (χ2n) is 6.68. The van der Waals surface area contributed by atoms with Gasteiger partial charge in [-0.25, -0.2) is 14.8 Å². The second-order valence-corrected chi connectivity index (χ2v) is 6.68. The quantitative estimate of drug-likeness (QED) is 0.915. The van der Waals surface area contributed by atoms with Gasteiger partial charge in [-0.15, -0.1) is 0 Å². The Morgan fingerprint density at radius 3 is 2.46 bits per heavy atom. The zero-order valence-corrected chi connectivity index (χ0v) is 14.9. The molecule has 0 unspecified atom stereocenters. The van der Waals surface area contributed by atoms with Gasteiger partial charge >= 0.3 is 6.03 Å². The lowest BCUT2D eigenvalue weighted by Gasteiger charge is -2.36. The minimum absolute atomic E-state index is 0.104. The summed E-state index contributed by atoms with van der Waals surface area (Å²) in [7, 11) is 1.68. The van der Waals surface area contributed by atoms with Crippen LogP contribution in [0.4, 0.5) is 16.2 Å². The molecule has 2 heterocycles. The molecular weight excluding hydrogens is 330 g/mol. The fourth-order valence-corrected chi connectivity index (χ4v) is 3.20. The topological polar surface area (TPSA) is 70.6 Å². The van der Waals surface area contributed by atoms with Gasteiger partial charge in [0.2, 0.25) is 0 Å². The molecule has 1 aliphatic heterocycles. The first-order chi connectivity index (χ1) is 12.7. The lowest BCUT2D eigenvalue weighted by Crippen LogP contribution is -2.50. The number of para-hydroxylation sites is 2. The second kappa shape index (κ2) is 7.19. The molecule has 2 fully saturated rings. The first-order valence-corrected chi connectivity index (χ1v) is 9.00. The summed E-state index contributed by atoms with van der Waals surface area (Å²) in [6, 6.07) is 7.87. The zero-order valence-electron chi connectivity index (χ0n) is 14.9. The van der Waals surface area contributed by atoms with Crippen LogP contribution in [0.5, 0.6) is 5.75 Å². The van der Waals surface area contributed by atoms with Gasteiger partial charge < -0.3 is 19.9 Å². The number of nitrogens with one attached hydrogen (secondary N) is 1. The Kier molecular flexibility index (Phi) is 4.60. The Morgan fingerprint density at radius 2 is 1.81 bits per heavy atom. The molecule has 1 aromatic heterocycles. The van der Waals surface area contributed by atoms with Crippen LogP contribution in [-0.4, -0.2) is 54.2 Å². The molecular formula is C19H23N5O2. The van der Waals surface area contributed by atoms with Crippen LogP contribution in [0.2, 0.25) is 0 Å². The number of piperazine rings is 1. The number of ether oxygens (including phenoxy) is 1. The standard InChI is InChI=1S/C19H23N5O2/c1-26-17-5-3-2-4-16(17)23-8-10-24(11-9-23)19(25)22-15-12-20-18(21-13-15)14-6-7-14/h2-5,12-14H,6-11H2,1H3,(H,22,25). The summed E-state index contributed by atoms with van der Waals surface area (Å²) in [6.45, 7) is 2.85. The SMILES string of the molecule is COc1ccccc1N1CCN(C(=O)Nc2cnc(C3CC3)nc2)CC1. The van der Waals surface area contributed by atoms with Gasteiger partial charge in [0.1, 0.15) is 11.6 Å². The van der Waals surface area contributed by atoms with Crippen molar-refractivity contribution in [2.45, 2.75) is 18.8 Å². The molecule has 4 rings (SSSR count). The molecule has 7 nitrogen and oxygen atoms in total. The Hall–Kier alpha value is -2.83. The molecule has 0 radical (unpaired) electrons. The third-order valence-corrected chi connectivity index (χ3v) is 4.86. The Labute approximate surface area is 153 Å². The van der Waals surface area contributed by atoms with Gasteiger partial charge in [0.15, 0.2) is 0 Å². The summed E-state index contributed by atoms with van der Waals surface area (Å²) in [5.74, 6) is 2.26. The largest absolute Gasteiger partial charge is 0.495 e. The number of amides is 2. The Morgan fingerprint density at radius 1 is 1.12 bits per heavy atom. The number of anilines is 2.